The summed E-state index contributed by atoms with van der Waals surface area (Å²) in [5.74, 6) is -0.274. The van der Waals surface area contributed by atoms with Gasteiger partial charge in [-0.1, -0.05) is 54.6 Å². The Kier molecular flexibility index (Phi) is 8.33. The highest BCUT2D eigenvalue weighted by molar-refractivity contribution is 7.89. The molecule has 1 aliphatic rings. The van der Waals surface area contributed by atoms with Crippen LogP contribution in [0.5, 0.6) is 0 Å². The Morgan fingerprint density at radius 3 is 2.28 bits per heavy atom. The van der Waals surface area contributed by atoms with Crippen LogP contribution in [0.4, 0.5) is 0 Å². The third-order valence-electron chi connectivity index (χ3n) is 4.96. The van der Waals surface area contributed by atoms with Crippen molar-refractivity contribution in [1.82, 2.24) is 9.21 Å². The van der Waals surface area contributed by atoms with Crippen LogP contribution < -0.4 is 0 Å². The lowest BCUT2D eigenvalue weighted by atomic mass is 9.99. The average molecular weight is 421 g/mol. The number of carboxylic acid groups (broad SMARTS) is 1. The largest absolute Gasteiger partial charge is 0.483 e. The van der Waals surface area contributed by atoms with Crippen molar-refractivity contribution in [3.8, 4) is 11.1 Å². The average Bonchev–Trinajstić information content (AvgIpc) is 3.01. The molecule has 0 unspecified atom stereocenters. The first-order chi connectivity index (χ1) is 13.8. The van der Waals surface area contributed by atoms with Crippen LogP contribution in [0.15, 0.2) is 54.6 Å². The maximum Gasteiger partial charge on any atom is 0.290 e. The lowest BCUT2D eigenvalue weighted by molar-refractivity contribution is -0.122. The molecule has 158 valence electrons. The zero-order chi connectivity index (χ0) is 21.4. The van der Waals surface area contributed by atoms with Crippen molar-refractivity contribution in [1.29, 1.82) is 0 Å². The zero-order valence-corrected chi connectivity index (χ0v) is 17.5. The summed E-state index contributed by atoms with van der Waals surface area (Å²) in [5.41, 5.74) is 3.52. The number of likely N-dealkylation sites (tertiary alicyclic amines) is 1. The van der Waals surface area contributed by atoms with Gasteiger partial charge in [0.15, 0.2) is 0 Å². The molecule has 2 aromatic carbocycles. The molecular formula is C21H28N2O5S. The number of aliphatic hydroxyl groups is 1. The highest BCUT2D eigenvalue weighted by atomic mass is 32.2. The van der Waals surface area contributed by atoms with Gasteiger partial charge in [-0.3, -0.25) is 9.69 Å². The predicted octanol–water partition coefficient (Wildman–Crippen LogP) is 1.74. The van der Waals surface area contributed by atoms with Crippen LogP contribution in [-0.2, 0) is 21.4 Å². The summed E-state index contributed by atoms with van der Waals surface area (Å²) < 4.78 is 25.5. The van der Waals surface area contributed by atoms with Crippen LogP contribution in [0.25, 0.3) is 11.1 Å². The molecule has 3 rings (SSSR count). The van der Waals surface area contributed by atoms with Crippen molar-refractivity contribution >= 4 is 16.5 Å². The summed E-state index contributed by atoms with van der Waals surface area (Å²) in [6.45, 7) is 1.52. The Hall–Kier alpha value is -2.26. The standard InChI is InChI=1S/C20H26N2O3S.CH2O2/c1-21(2)26(24,25)15-18-13-22(14-20(18)23)12-17-10-6-7-11-19(17)16-8-4-3-5-9-16;2-1-3/h3-11,18,20,23H,12-15H2,1-2H3;1H,(H,2,3)/t18-,20+;/m0./s1. The maximum atomic E-state index is 12.1. The van der Waals surface area contributed by atoms with Crippen LogP contribution in [0.1, 0.15) is 5.56 Å². The summed E-state index contributed by atoms with van der Waals surface area (Å²) in [4.78, 5) is 10.5. The van der Waals surface area contributed by atoms with Crippen molar-refractivity contribution < 1.29 is 23.4 Å². The molecule has 1 heterocycles. The monoisotopic (exact) mass is 420 g/mol. The molecule has 29 heavy (non-hydrogen) atoms. The van der Waals surface area contributed by atoms with E-state index in [1.807, 2.05) is 30.3 Å². The van der Waals surface area contributed by atoms with Crippen molar-refractivity contribution in [2.75, 3.05) is 32.9 Å². The topological polar surface area (TPSA) is 98.2 Å². The van der Waals surface area contributed by atoms with Gasteiger partial charge in [-0.15, -0.1) is 0 Å². The Balaban J connectivity index is 0.000000941. The third kappa shape index (κ3) is 6.37. The van der Waals surface area contributed by atoms with E-state index in [9.17, 15) is 13.5 Å². The van der Waals surface area contributed by atoms with Gasteiger partial charge in [0, 0.05) is 39.6 Å². The lowest BCUT2D eigenvalue weighted by Gasteiger charge is -2.19. The molecule has 1 saturated heterocycles. The number of hydrogen-bond acceptors (Lipinski definition) is 5. The maximum absolute atomic E-state index is 12.1. The van der Waals surface area contributed by atoms with E-state index in [2.05, 4.69) is 29.2 Å². The number of hydrogen-bond donors (Lipinski definition) is 2. The molecule has 0 aromatic heterocycles. The summed E-state index contributed by atoms with van der Waals surface area (Å²) >= 11 is 0. The van der Waals surface area contributed by atoms with E-state index in [-0.39, 0.29) is 18.1 Å². The van der Waals surface area contributed by atoms with Gasteiger partial charge in [0.2, 0.25) is 10.0 Å². The van der Waals surface area contributed by atoms with E-state index in [4.69, 9.17) is 9.90 Å². The van der Waals surface area contributed by atoms with Crippen molar-refractivity contribution in [3.05, 3.63) is 60.2 Å². The SMILES string of the molecule is CN(C)S(=O)(=O)C[C@@H]1CN(Cc2ccccc2-c2ccccc2)C[C@H]1O.O=CO. The van der Waals surface area contributed by atoms with Gasteiger partial charge < -0.3 is 10.2 Å². The molecular weight excluding hydrogens is 392 g/mol. The Morgan fingerprint density at radius 1 is 1.07 bits per heavy atom. The predicted molar refractivity (Wildman–Crippen MR) is 113 cm³/mol. The molecule has 0 aliphatic carbocycles. The van der Waals surface area contributed by atoms with E-state index < -0.39 is 16.1 Å². The second kappa shape index (κ2) is 10.5. The number of carbonyl (C=O) groups is 1. The molecule has 7 nitrogen and oxygen atoms in total. The molecule has 0 radical (unpaired) electrons. The molecule has 0 amide bonds. The highest BCUT2D eigenvalue weighted by Gasteiger charge is 2.35. The second-order valence-electron chi connectivity index (χ2n) is 7.21. The molecule has 0 spiro atoms. The van der Waals surface area contributed by atoms with Crippen LogP contribution in [-0.4, -0.2) is 73.3 Å². The molecule has 1 fully saturated rings. The molecule has 2 aromatic rings. The number of aliphatic hydroxyl groups excluding tert-OH is 1. The van der Waals surface area contributed by atoms with Gasteiger partial charge in [-0.05, 0) is 16.7 Å². The van der Waals surface area contributed by atoms with Crippen molar-refractivity contribution in [2.45, 2.75) is 12.6 Å². The number of nitrogens with zero attached hydrogens (tertiary/aromatic N) is 2. The quantitative estimate of drug-likeness (QED) is 0.691. The number of sulfonamides is 1. The smallest absolute Gasteiger partial charge is 0.290 e. The Labute approximate surface area is 172 Å². The van der Waals surface area contributed by atoms with Crippen LogP contribution in [0.2, 0.25) is 0 Å². The number of benzene rings is 2. The minimum atomic E-state index is -3.32. The van der Waals surface area contributed by atoms with Crippen molar-refractivity contribution in [2.24, 2.45) is 5.92 Å². The summed E-state index contributed by atoms with van der Waals surface area (Å²) in [5, 5.41) is 17.2. The Bertz CT molecular complexity index is 887. The van der Waals surface area contributed by atoms with Crippen LogP contribution in [0, 0.1) is 5.92 Å². The number of β-amino-alcohol motifs (C(OH)–C–C–N with tert-alkyl or cyclic N) is 1. The third-order valence-corrected chi connectivity index (χ3v) is 6.92. The first kappa shape index (κ1) is 23.0. The molecule has 2 atom stereocenters. The first-order valence-corrected chi connectivity index (χ1v) is 10.9. The molecule has 1 aliphatic heterocycles. The zero-order valence-electron chi connectivity index (χ0n) is 16.7. The first-order valence-electron chi connectivity index (χ1n) is 9.30. The van der Waals surface area contributed by atoms with E-state index in [0.717, 1.165) is 5.56 Å². The second-order valence-corrected chi connectivity index (χ2v) is 9.44. The van der Waals surface area contributed by atoms with Crippen molar-refractivity contribution in [3.63, 3.8) is 0 Å². The molecule has 0 bridgehead atoms. The fourth-order valence-electron chi connectivity index (χ4n) is 3.45. The molecule has 8 heteroatoms. The van der Waals surface area contributed by atoms with Gasteiger partial charge in [0.25, 0.3) is 6.47 Å². The summed E-state index contributed by atoms with van der Waals surface area (Å²) in [6, 6.07) is 18.5. The highest BCUT2D eigenvalue weighted by Crippen LogP contribution is 2.27. The van der Waals surface area contributed by atoms with Gasteiger partial charge in [-0.2, -0.15) is 0 Å². The van der Waals surface area contributed by atoms with E-state index in [1.165, 1.54) is 29.5 Å². The van der Waals surface area contributed by atoms with Gasteiger partial charge in [0.05, 0.1) is 11.9 Å². The number of rotatable bonds is 6. The van der Waals surface area contributed by atoms with Crippen LogP contribution >= 0.6 is 0 Å². The minimum Gasteiger partial charge on any atom is -0.483 e. The van der Waals surface area contributed by atoms with Gasteiger partial charge in [0.1, 0.15) is 0 Å². The summed E-state index contributed by atoms with van der Waals surface area (Å²) in [7, 11) is -0.251. The molecule has 0 saturated carbocycles. The van der Waals surface area contributed by atoms with Gasteiger partial charge in [-0.25, -0.2) is 12.7 Å². The normalized spacial score (nSPS) is 19.6. The summed E-state index contributed by atoms with van der Waals surface area (Å²) in [6.07, 6.45) is -0.617. The van der Waals surface area contributed by atoms with Crippen LogP contribution in [0.3, 0.4) is 0 Å². The Morgan fingerprint density at radius 2 is 1.66 bits per heavy atom. The lowest BCUT2D eigenvalue weighted by Crippen LogP contribution is -2.33. The minimum absolute atomic E-state index is 0.0159. The fraction of sp³-hybridized carbons (Fsp3) is 0.381. The van der Waals surface area contributed by atoms with E-state index in [0.29, 0.717) is 19.6 Å². The fourth-order valence-corrected chi connectivity index (χ4v) is 4.62. The van der Waals surface area contributed by atoms with E-state index in [1.54, 1.807) is 0 Å². The van der Waals surface area contributed by atoms with E-state index >= 15 is 0 Å². The molecule has 2 N–H and O–H groups in total. The van der Waals surface area contributed by atoms with Gasteiger partial charge >= 0.3 is 0 Å².